The zero-order chi connectivity index (χ0) is 14.7. The molecular weight excluding hydrogens is 259 g/mol. The number of carbonyl (C=O) groups excluding carboxylic acids is 1. The Morgan fingerprint density at radius 3 is 2.70 bits per heavy atom. The highest BCUT2D eigenvalue weighted by atomic mass is 19.1. The molecule has 0 spiro atoms. The number of nitrogens with one attached hydrogen (secondary N) is 1. The Bertz CT molecular complexity index is 656. The zero-order valence-corrected chi connectivity index (χ0v) is 11.0. The van der Waals surface area contributed by atoms with Gasteiger partial charge in [0.15, 0.2) is 0 Å². The van der Waals surface area contributed by atoms with Crippen LogP contribution < -0.4 is 11.1 Å². The van der Waals surface area contributed by atoms with Crippen LogP contribution in [-0.4, -0.2) is 11.0 Å². The summed E-state index contributed by atoms with van der Waals surface area (Å²) < 4.78 is 13.3. The Morgan fingerprint density at radius 1 is 1.30 bits per heavy atom. The fraction of sp³-hybridized carbons (Fsp3) is 0.133. The first-order valence-electron chi connectivity index (χ1n) is 6.10. The van der Waals surface area contributed by atoms with E-state index in [1.54, 1.807) is 6.07 Å². The Hall–Kier alpha value is -2.40. The predicted molar refractivity (Wildman–Crippen MR) is 75.1 cm³/mol. The molecule has 2 aromatic rings. The van der Waals surface area contributed by atoms with E-state index in [9.17, 15) is 14.3 Å². The molecule has 0 aromatic heterocycles. The Morgan fingerprint density at radius 2 is 2.05 bits per heavy atom. The summed E-state index contributed by atoms with van der Waals surface area (Å²) in [6, 6.07) is 8.92. The third-order valence-corrected chi connectivity index (χ3v) is 2.92. The van der Waals surface area contributed by atoms with Gasteiger partial charge in [0, 0.05) is 17.8 Å². The fourth-order valence-corrected chi connectivity index (χ4v) is 1.84. The summed E-state index contributed by atoms with van der Waals surface area (Å²) in [7, 11) is 0. The van der Waals surface area contributed by atoms with Gasteiger partial charge in [0.25, 0.3) is 5.91 Å². The monoisotopic (exact) mass is 274 g/mol. The van der Waals surface area contributed by atoms with Crippen LogP contribution in [-0.2, 0) is 6.54 Å². The largest absolute Gasteiger partial charge is 0.507 e. The van der Waals surface area contributed by atoms with Crippen molar-refractivity contribution in [3.05, 3.63) is 58.9 Å². The highest BCUT2D eigenvalue weighted by Gasteiger charge is 2.12. The third-order valence-electron chi connectivity index (χ3n) is 2.92. The van der Waals surface area contributed by atoms with Crippen LogP contribution >= 0.6 is 0 Å². The molecule has 2 aromatic carbocycles. The number of phenolic OH excluding ortho intramolecular Hbond substituents is 1. The summed E-state index contributed by atoms with van der Waals surface area (Å²) >= 11 is 0. The summed E-state index contributed by atoms with van der Waals surface area (Å²) in [4.78, 5) is 12.0. The average molecular weight is 274 g/mol. The lowest BCUT2D eigenvalue weighted by Crippen LogP contribution is -2.13. The van der Waals surface area contributed by atoms with Crippen LogP contribution in [0.5, 0.6) is 5.75 Å². The Kier molecular flexibility index (Phi) is 4.00. The lowest BCUT2D eigenvalue weighted by Gasteiger charge is -2.09. The normalized spacial score (nSPS) is 10.3. The van der Waals surface area contributed by atoms with E-state index in [1.165, 1.54) is 30.3 Å². The van der Waals surface area contributed by atoms with Gasteiger partial charge in [-0.3, -0.25) is 4.79 Å². The van der Waals surface area contributed by atoms with Crippen molar-refractivity contribution in [1.29, 1.82) is 0 Å². The molecule has 0 bridgehead atoms. The first kappa shape index (κ1) is 14.0. The molecule has 4 nitrogen and oxygen atoms in total. The predicted octanol–water partition coefficient (Wildman–Crippen LogP) is 2.55. The molecule has 0 radical (unpaired) electrons. The van der Waals surface area contributed by atoms with Gasteiger partial charge in [0.2, 0.25) is 0 Å². The number of amides is 1. The molecule has 0 saturated carbocycles. The van der Waals surface area contributed by atoms with Crippen LogP contribution in [0.25, 0.3) is 0 Å². The molecule has 0 heterocycles. The highest BCUT2D eigenvalue weighted by molar-refractivity contribution is 6.06. The minimum Gasteiger partial charge on any atom is -0.507 e. The molecule has 0 unspecified atom stereocenters. The van der Waals surface area contributed by atoms with E-state index in [-0.39, 0.29) is 17.9 Å². The van der Waals surface area contributed by atoms with Gasteiger partial charge in [-0.1, -0.05) is 6.07 Å². The van der Waals surface area contributed by atoms with Crippen LogP contribution in [0, 0.1) is 12.7 Å². The average Bonchev–Trinajstić information content (AvgIpc) is 2.40. The molecule has 0 atom stereocenters. The maximum absolute atomic E-state index is 13.3. The number of benzene rings is 2. The van der Waals surface area contributed by atoms with Gasteiger partial charge in [0.1, 0.15) is 11.6 Å². The van der Waals surface area contributed by atoms with Gasteiger partial charge < -0.3 is 16.2 Å². The Balaban J connectivity index is 2.23. The van der Waals surface area contributed by atoms with E-state index in [0.29, 0.717) is 11.3 Å². The van der Waals surface area contributed by atoms with Crippen LogP contribution in [0.4, 0.5) is 10.1 Å². The molecular formula is C15H15FN2O2. The summed E-state index contributed by atoms with van der Waals surface area (Å²) in [5.41, 5.74) is 7.17. The molecule has 1 amide bonds. The first-order valence-corrected chi connectivity index (χ1v) is 6.10. The molecule has 2 rings (SSSR count). The van der Waals surface area contributed by atoms with Crippen molar-refractivity contribution in [1.82, 2.24) is 0 Å². The van der Waals surface area contributed by atoms with Crippen LogP contribution in [0.3, 0.4) is 0 Å². The molecule has 20 heavy (non-hydrogen) atoms. The number of hydrogen-bond donors (Lipinski definition) is 3. The first-order chi connectivity index (χ1) is 9.51. The lowest BCUT2D eigenvalue weighted by atomic mass is 10.1. The highest BCUT2D eigenvalue weighted by Crippen LogP contribution is 2.21. The molecule has 0 aliphatic carbocycles. The van der Waals surface area contributed by atoms with Crippen molar-refractivity contribution in [3.8, 4) is 5.75 Å². The number of halogens is 1. The minimum absolute atomic E-state index is 0.0469. The number of aryl methyl sites for hydroxylation is 1. The van der Waals surface area contributed by atoms with Crippen LogP contribution in [0.2, 0.25) is 0 Å². The molecule has 5 heteroatoms. The van der Waals surface area contributed by atoms with Crippen LogP contribution in [0.15, 0.2) is 36.4 Å². The van der Waals surface area contributed by atoms with E-state index < -0.39 is 11.7 Å². The SMILES string of the molecule is Cc1ccc(C(=O)Nc2ccc(F)c(CN)c2)c(O)c1. The second-order valence-corrected chi connectivity index (χ2v) is 4.49. The van der Waals surface area contributed by atoms with Crippen molar-refractivity contribution >= 4 is 11.6 Å². The molecule has 104 valence electrons. The smallest absolute Gasteiger partial charge is 0.259 e. The summed E-state index contributed by atoms with van der Waals surface area (Å²) in [5, 5.41) is 12.3. The van der Waals surface area contributed by atoms with E-state index in [1.807, 2.05) is 6.92 Å². The van der Waals surface area contributed by atoms with Crippen LogP contribution in [0.1, 0.15) is 21.5 Å². The quantitative estimate of drug-likeness (QED) is 0.805. The van der Waals surface area contributed by atoms with Crippen molar-refractivity contribution < 1.29 is 14.3 Å². The van der Waals surface area contributed by atoms with Gasteiger partial charge >= 0.3 is 0 Å². The van der Waals surface area contributed by atoms with Gasteiger partial charge in [-0.2, -0.15) is 0 Å². The number of anilines is 1. The molecule has 0 fully saturated rings. The number of rotatable bonds is 3. The zero-order valence-electron chi connectivity index (χ0n) is 11.0. The van der Waals surface area contributed by atoms with Gasteiger partial charge in [-0.25, -0.2) is 4.39 Å². The maximum Gasteiger partial charge on any atom is 0.259 e. The maximum atomic E-state index is 13.3. The number of aromatic hydroxyl groups is 1. The summed E-state index contributed by atoms with van der Waals surface area (Å²) in [6.07, 6.45) is 0. The number of nitrogens with two attached hydrogens (primary N) is 1. The molecule has 0 saturated heterocycles. The summed E-state index contributed by atoms with van der Waals surface area (Å²) in [6.45, 7) is 1.86. The Labute approximate surface area is 116 Å². The minimum atomic E-state index is -0.461. The van der Waals surface area contributed by atoms with E-state index in [2.05, 4.69) is 5.32 Å². The van der Waals surface area contributed by atoms with E-state index >= 15 is 0 Å². The third kappa shape index (κ3) is 2.95. The van der Waals surface area contributed by atoms with Gasteiger partial charge in [-0.05, 0) is 42.8 Å². The number of hydrogen-bond acceptors (Lipinski definition) is 3. The summed E-state index contributed by atoms with van der Waals surface area (Å²) in [5.74, 6) is -0.968. The number of phenols is 1. The number of carbonyl (C=O) groups is 1. The van der Waals surface area contributed by atoms with Gasteiger partial charge in [0.05, 0.1) is 5.56 Å². The standard InChI is InChI=1S/C15H15FN2O2/c1-9-2-4-12(14(19)6-9)15(20)18-11-3-5-13(16)10(7-11)8-17/h2-7,19H,8,17H2,1H3,(H,18,20). The van der Waals surface area contributed by atoms with Crippen molar-refractivity contribution in [2.24, 2.45) is 5.73 Å². The lowest BCUT2D eigenvalue weighted by molar-refractivity contribution is 0.102. The fourth-order valence-electron chi connectivity index (χ4n) is 1.84. The molecule has 0 aliphatic heterocycles. The molecule has 0 aliphatic rings. The topological polar surface area (TPSA) is 75.4 Å². The van der Waals surface area contributed by atoms with E-state index in [4.69, 9.17) is 5.73 Å². The van der Waals surface area contributed by atoms with Gasteiger partial charge in [-0.15, -0.1) is 0 Å². The second kappa shape index (κ2) is 5.71. The van der Waals surface area contributed by atoms with Crippen molar-refractivity contribution in [2.45, 2.75) is 13.5 Å². The van der Waals surface area contributed by atoms with E-state index in [0.717, 1.165) is 5.56 Å². The van der Waals surface area contributed by atoms with Crippen molar-refractivity contribution in [3.63, 3.8) is 0 Å². The van der Waals surface area contributed by atoms with Crippen molar-refractivity contribution in [2.75, 3.05) is 5.32 Å². The second-order valence-electron chi connectivity index (χ2n) is 4.49. The molecule has 4 N–H and O–H groups in total.